The molecule has 1 aliphatic carbocycles. The maximum absolute atomic E-state index is 12.0. The van der Waals surface area contributed by atoms with E-state index in [0.717, 1.165) is 17.5 Å². The monoisotopic (exact) mass is 360 g/mol. The van der Waals surface area contributed by atoms with E-state index in [1.807, 2.05) is 30.3 Å². The van der Waals surface area contributed by atoms with E-state index in [2.05, 4.69) is 32.0 Å². The summed E-state index contributed by atoms with van der Waals surface area (Å²) in [6.45, 7) is 0. The topological polar surface area (TPSA) is 101 Å². The van der Waals surface area contributed by atoms with Gasteiger partial charge in [0, 0.05) is 29.2 Å². The van der Waals surface area contributed by atoms with Gasteiger partial charge < -0.3 is 9.72 Å². The van der Waals surface area contributed by atoms with Crippen LogP contribution >= 0.6 is 0 Å². The molecule has 7 nitrogen and oxygen atoms in total. The number of aromatic nitrogens is 4. The Morgan fingerprint density at radius 3 is 2.74 bits per heavy atom. The molecule has 0 saturated heterocycles. The first kappa shape index (κ1) is 16.8. The molecule has 1 saturated carbocycles. The first-order valence-corrected chi connectivity index (χ1v) is 8.46. The van der Waals surface area contributed by atoms with Crippen molar-refractivity contribution in [2.24, 2.45) is 5.92 Å². The molecule has 1 aliphatic rings. The number of ether oxygens (including phenoxy) is 1. The predicted molar refractivity (Wildman–Crippen MR) is 99.4 cm³/mol. The van der Waals surface area contributed by atoms with E-state index in [-0.39, 0.29) is 17.4 Å². The molecule has 0 bridgehead atoms. The molecule has 2 heterocycles. The van der Waals surface area contributed by atoms with Gasteiger partial charge in [-0.3, -0.25) is 9.78 Å². The van der Waals surface area contributed by atoms with Gasteiger partial charge in [-0.1, -0.05) is 30.0 Å². The lowest BCUT2D eigenvalue weighted by Crippen LogP contribution is -2.23. The van der Waals surface area contributed by atoms with Crippen LogP contribution in [0.25, 0.3) is 11.3 Å². The molecular weight excluding hydrogens is 344 g/mol. The highest BCUT2D eigenvalue weighted by molar-refractivity contribution is 5.58. The van der Waals surface area contributed by atoms with Gasteiger partial charge in [-0.15, -0.1) is 10.2 Å². The van der Waals surface area contributed by atoms with E-state index in [1.165, 1.54) is 13.3 Å². The van der Waals surface area contributed by atoms with Gasteiger partial charge in [-0.25, -0.2) is 4.79 Å². The molecule has 4 rings (SSSR count). The second-order valence-electron chi connectivity index (χ2n) is 6.26. The molecule has 0 aliphatic heterocycles. The third kappa shape index (κ3) is 3.51. The Kier molecular flexibility index (Phi) is 4.30. The lowest BCUT2D eigenvalue weighted by Gasteiger charge is -2.07. The summed E-state index contributed by atoms with van der Waals surface area (Å²) in [7, 11) is 1.53. The number of rotatable bonds is 3. The van der Waals surface area contributed by atoms with Crippen molar-refractivity contribution in [3.63, 3.8) is 0 Å². The van der Waals surface area contributed by atoms with Gasteiger partial charge in [0.2, 0.25) is 5.88 Å². The van der Waals surface area contributed by atoms with Gasteiger partial charge in [0.15, 0.2) is 0 Å². The normalized spacial score (nSPS) is 17.7. The van der Waals surface area contributed by atoms with Gasteiger partial charge in [0.25, 0.3) is 5.56 Å². The molecule has 0 unspecified atom stereocenters. The van der Waals surface area contributed by atoms with Crippen molar-refractivity contribution in [1.82, 2.24) is 20.2 Å². The van der Waals surface area contributed by atoms with Gasteiger partial charge in [-0.2, -0.15) is 0 Å². The number of methoxy groups -OCH3 is 1. The van der Waals surface area contributed by atoms with Crippen LogP contribution in [0.2, 0.25) is 0 Å². The Morgan fingerprint density at radius 2 is 2.00 bits per heavy atom. The molecule has 2 N–H and O–H groups in total. The zero-order chi connectivity index (χ0) is 18.8. The zero-order valence-corrected chi connectivity index (χ0v) is 14.5. The number of H-pyrrole nitrogens is 2. The van der Waals surface area contributed by atoms with Crippen molar-refractivity contribution in [3.05, 3.63) is 74.6 Å². The molecule has 7 heteroatoms. The fraction of sp³-hybridized carbons (Fsp3) is 0.200. The van der Waals surface area contributed by atoms with Gasteiger partial charge in [-0.05, 0) is 24.6 Å². The molecule has 2 aromatic heterocycles. The predicted octanol–water partition coefficient (Wildman–Crippen LogP) is 1.68. The Hall–Kier alpha value is -3.66. The molecule has 134 valence electrons. The highest BCUT2D eigenvalue weighted by Gasteiger charge is 2.40. The molecule has 2 atom stereocenters. The highest BCUT2D eigenvalue weighted by atomic mass is 16.5. The third-order valence-electron chi connectivity index (χ3n) is 4.44. The third-order valence-corrected chi connectivity index (χ3v) is 4.44. The van der Waals surface area contributed by atoms with Gasteiger partial charge in [0.05, 0.1) is 12.7 Å². The van der Waals surface area contributed by atoms with Crippen LogP contribution in [-0.4, -0.2) is 27.3 Å². The fourth-order valence-corrected chi connectivity index (χ4v) is 2.95. The quantitative estimate of drug-likeness (QED) is 0.692. The van der Waals surface area contributed by atoms with Crippen molar-refractivity contribution >= 4 is 0 Å². The number of benzene rings is 1. The Labute approximate surface area is 154 Å². The first-order chi connectivity index (χ1) is 13.2. The standard InChI is InChI=1S/C20H16N4O3/c1-27-19-15(14-9-13(14)8-7-12-5-3-2-4-6-12)10-17(23-24-19)16-11-21-20(26)22-18(16)25/h2-6,10-11,13-14H,9H2,1H3,(H2,21,22,25,26)/t13-,14-/m0/s1. The van der Waals surface area contributed by atoms with E-state index < -0.39 is 11.2 Å². The van der Waals surface area contributed by atoms with E-state index >= 15 is 0 Å². The highest BCUT2D eigenvalue weighted by Crippen LogP contribution is 2.49. The average Bonchev–Trinajstić information content (AvgIpc) is 3.46. The maximum atomic E-state index is 12.0. The summed E-state index contributed by atoms with van der Waals surface area (Å²) >= 11 is 0. The second kappa shape index (κ2) is 6.92. The number of hydrogen-bond acceptors (Lipinski definition) is 5. The first-order valence-electron chi connectivity index (χ1n) is 8.46. The van der Waals surface area contributed by atoms with Crippen molar-refractivity contribution in [3.8, 4) is 29.0 Å². The molecule has 0 spiro atoms. The lowest BCUT2D eigenvalue weighted by atomic mass is 10.1. The van der Waals surface area contributed by atoms with Crippen molar-refractivity contribution in [2.45, 2.75) is 12.3 Å². The molecule has 1 aromatic carbocycles. The second-order valence-corrected chi connectivity index (χ2v) is 6.26. The SMILES string of the molecule is COc1nnc(-c2c[nH]c(=O)[nH]c2=O)cc1[C@H]1C[C@@H]1C#Cc1ccccc1. The minimum absolute atomic E-state index is 0.173. The van der Waals surface area contributed by atoms with E-state index in [4.69, 9.17) is 4.74 Å². The van der Waals surface area contributed by atoms with Crippen LogP contribution in [-0.2, 0) is 0 Å². The van der Waals surface area contributed by atoms with Crippen molar-refractivity contribution in [1.29, 1.82) is 0 Å². The average molecular weight is 360 g/mol. The number of aromatic amines is 2. The molecule has 0 amide bonds. The van der Waals surface area contributed by atoms with E-state index in [9.17, 15) is 9.59 Å². The van der Waals surface area contributed by atoms with Crippen molar-refractivity contribution < 1.29 is 4.74 Å². The summed E-state index contributed by atoms with van der Waals surface area (Å²) in [5, 5.41) is 8.13. The summed E-state index contributed by atoms with van der Waals surface area (Å²) in [5.41, 5.74) is 1.39. The van der Waals surface area contributed by atoms with Crippen LogP contribution in [0.1, 0.15) is 23.5 Å². The van der Waals surface area contributed by atoms with Gasteiger partial charge >= 0.3 is 5.69 Å². The minimum atomic E-state index is -0.566. The smallest absolute Gasteiger partial charge is 0.325 e. The Bertz CT molecular complexity index is 1160. The number of nitrogens with one attached hydrogen (secondary N) is 2. The zero-order valence-electron chi connectivity index (χ0n) is 14.5. The molecule has 1 fully saturated rings. The van der Waals surface area contributed by atoms with E-state index in [1.54, 1.807) is 6.07 Å². The minimum Gasteiger partial charge on any atom is -0.480 e. The summed E-state index contributed by atoms with van der Waals surface area (Å²) in [4.78, 5) is 27.9. The number of nitrogens with zero attached hydrogens (tertiary/aromatic N) is 2. The molecule has 0 radical (unpaired) electrons. The summed E-state index contributed by atoms with van der Waals surface area (Å²) in [5.74, 6) is 7.26. The summed E-state index contributed by atoms with van der Waals surface area (Å²) in [6, 6.07) is 11.6. The van der Waals surface area contributed by atoms with Crippen LogP contribution in [0.5, 0.6) is 5.88 Å². The van der Waals surface area contributed by atoms with Crippen LogP contribution in [0.4, 0.5) is 0 Å². The summed E-state index contributed by atoms with van der Waals surface area (Å²) in [6.07, 6.45) is 2.23. The lowest BCUT2D eigenvalue weighted by molar-refractivity contribution is 0.386. The summed E-state index contributed by atoms with van der Waals surface area (Å²) < 4.78 is 5.33. The molecule has 27 heavy (non-hydrogen) atoms. The molecular formula is C20H16N4O3. The van der Waals surface area contributed by atoms with Crippen LogP contribution in [0.15, 0.2) is 52.2 Å². The molecule has 3 aromatic rings. The fourth-order valence-electron chi connectivity index (χ4n) is 2.95. The largest absolute Gasteiger partial charge is 0.480 e. The van der Waals surface area contributed by atoms with Crippen LogP contribution in [0.3, 0.4) is 0 Å². The Balaban J connectivity index is 1.64. The van der Waals surface area contributed by atoms with Gasteiger partial charge in [0.1, 0.15) is 5.69 Å². The number of hydrogen-bond donors (Lipinski definition) is 2. The van der Waals surface area contributed by atoms with Crippen molar-refractivity contribution in [2.75, 3.05) is 7.11 Å². The maximum Gasteiger partial charge on any atom is 0.325 e. The van der Waals surface area contributed by atoms with Crippen LogP contribution in [0, 0.1) is 17.8 Å². The Morgan fingerprint density at radius 1 is 1.19 bits per heavy atom. The van der Waals surface area contributed by atoms with Crippen LogP contribution < -0.4 is 16.0 Å². The van der Waals surface area contributed by atoms with E-state index in [0.29, 0.717) is 11.6 Å².